The molecule has 20 heavy (non-hydrogen) atoms. The highest BCUT2D eigenvalue weighted by Gasteiger charge is 2.64. The van der Waals surface area contributed by atoms with Crippen LogP contribution in [0.3, 0.4) is 0 Å². The van der Waals surface area contributed by atoms with Crippen molar-refractivity contribution in [1.82, 2.24) is 4.90 Å². The number of nitrogens with zero attached hydrogens (tertiary/aromatic N) is 1. The van der Waals surface area contributed by atoms with Crippen molar-refractivity contribution in [3.63, 3.8) is 0 Å². The molecule has 2 aliphatic heterocycles. The fraction of sp³-hybridized carbons (Fsp3) is 0.923. The first-order valence-corrected chi connectivity index (χ1v) is 6.73. The number of hydrogen-bond donors (Lipinski definition) is 1. The van der Waals surface area contributed by atoms with Gasteiger partial charge in [0.1, 0.15) is 5.60 Å². The van der Waals surface area contributed by atoms with Gasteiger partial charge in [0.25, 0.3) is 0 Å². The van der Waals surface area contributed by atoms with Crippen molar-refractivity contribution in [1.29, 1.82) is 0 Å². The quantitative estimate of drug-likeness (QED) is 0.747. The maximum absolute atomic E-state index is 13.0. The number of fused-ring (bicyclic) bond motifs is 3. The van der Waals surface area contributed by atoms with E-state index in [4.69, 9.17) is 4.74 Å². The second-order valence-electron chi connectivity index (χ2n) is 6.69. The maximum Gasteiger partial charge on any atom is 0.417 e. The predicted molar refractivity (Wildman–Crippen MR) is 65.1 cm³/mol. The van der Waals surface area contributed by atoms with Crippen molar-refractivity contribution in [2.45, 2.75) is 63.5 Å². The molecular formula is C13H20F3NO3. The van der Waals surface area contributed by atoms with Crippen LogP contribution in [-0.4, -0.2) is 46.1 Å². The Morgan fingerprint density at radius 3 is 2.30 bits per heavy atom. The van der Waals surface area contributed by atoms with Crippen LogP contribution in [0.15, 0.2) is 0 Å². The Morgan fingerprint density at radius 1 is 1.30 bits per heavy atom. The van der Waals surface area contributed by atoms with Gasteiger partial charge in [-0.25, -0.2) is 4.79 Å². The molecule has 2 bridgehead atoms. The number of carbonyl (C=O) groups is 1. The number of halogens is 3. The Hall–Kier alpha value is -0.980. The number of ether oxygens (including phenoxy) is 1. The van der Waals surface area contributed by atoms with Crippen molar-refractivity contribution < 1.29 is 27.8 Å². The molecule has 0 spiro atoms. The summed E-state index contributed by atoms with van der Waals surface area (Å²) >= 11 is 0. The molecule has 3 atom stereocenters. The van der Waals surface area contributed by atoms with E-state index in [0.29, 0.717) is 6.42 Å². The molecule has 7 heteroatoms. The smallest absolute Gasteiger partial charge is 0.417 e. The SMILES string of the molecule is CC(C)(C)OC(=O)N1CC2CCC1CC2(O)C(F)(F)F. The van der Waals surface area contributed by atoms with Gasteiger partial charge in [0.05, 0.1) is 0 Å². The summed E-state index contributed by atoms with van der Waals surface area (Å²) in [6.45, 7) is 5.02. The van der Waals surface area contributed by atoms with Crippen molar-refractivity contribution in [2.24, 2.45) is 5.92 Å². The number of piperidine rings is 2. The van der Waals surface area contributed by atoms with E-state index < -0.39 is 41.9 Å². The van der Waals surface area contributed by atoms with Crippen LogP contribution in [0, 0.1) is 5.92 Å². The van der Waals surface area contributed by atoms with Gasteiger partial charge in [-0.05, 0) is 33.6 Å². The van der Waals surface area contributed by atoms with Crippen LogP contribution < -0.4 is 0 Å². The molecule has 0 aromatic rings. The van der Waals surface area contributed by atoms with E-state index >= 15 is 0 Å². The maximum atomic E-state index is 13.0. The number of rotatable bonds is 0. The lowest BCUT2D eigenvalue weighted by Gasteiger charge is -2.53. The molecule has 1 amide bonds. The lowest BCUT2D eigenvalue weighted by Crippen LogP contribution is -2.67. The molecule has 2 saturated heterocycles. The standard InChI is InChI=1S/C13H20F3NO3/c1-11(2,3)20-10(18)17-7-8-4-5-9(17)6-12(8,19)13(14,15)16/h8-9,19H,4-7H2,1-3H3. The number of alkyl halides is 3. The van der Waals surface area contributed by atoms with Gasteiger partial charge in [0.15, 0.2) is 5.60 Å². The number of hydrogen-bond acceptors (Lipinski definition) is 3. The lowest BCUT2D eigenvalue weighted by atomic mass is 9.68. The third-order valence-electron chi connectivity index (χ3n) is 4.05. The summed E-state index contributed by atoms with van der Waals surface area (Å²) in [5.74, 6) is -0.972. The summed E-state index contributed by atoms with van der Waals surface area (Å²) < 4.78 is 44.2. The highest BCUT2D eigenvalue weighted by Crippen LogP contribution is 2.50. The van der Waals surface area contributed by atoms with Crippen molar-refractivity contribution in [2.75, 3.05) is 6.54 Å². The molecule has 2 heterocycles. The zero-order chi connectivity index (χ0) is 15.3. The number of aliphatic hydroxyl groups is 1. The summed E-state index contributed by atoms with van der Waals surface area (Å²) in [5.41, 5.74) is -3.36. The van der Waals surface area contributed by atoms with Gasteiger partial charge in [-0.3, -0.25) is 0 Å². The summed E-state index contributed by atoms with van der Waals surface area (Å²) in [5, 5.41) is 9.93. The van der Waals surface area contributed by atoms with Crippen LogP contribution >= 0.6 is 0 Å². The van der Waals surface area contributed by atoms with E-state index in [1.54, 1.807) is 20.8 Å². The van der Waals surface area contributed by atoms with Gasteiger partial charge in [-0.15, -0.1) is 0 Å². The van der Waals surface area contributed by atoms with Crippen LogP contribution in [0.5, 0.6) is 0 Å². The molecule has 3 fully saturated rings. The largest absolute Gasteiger partial charge is 0.444 e. The molecule has 4 nitrogen and oxygen atoms in total. The molecule has 3 rings (SSSR count). The van der Waals surface area contributed by atoms with Gasteiger partial charge in [0.2, 0.25) is 0 Å². The molecular weight excluding hydrogens is 275 g/mol. The average Bonchev–Trinajstić information content (AvgIpc) is 2.25. The normalized spacial score (nSPS) is 34.2. The van der Waals surface area contributed by atoms with Crippen molar-refractivity contribution in [3.05, 3.63) is 0 Å². The Balaban J connectivity index is 2.13. The van der Waals surface area contributed by atoms with Crippen LogP contribution in [0.1, 0.15) is 40.0 Å². The first-order valence-electron chi connectivity index (χ1n) is 6.73. The molecule has 0 aromatic heterocycles. The van der Waals surface area contributed by atoms with E-state index in [2.05, 4.69) is 0 Å². The van der Waals surface area contributed by atoms with E-state index in [0.717, 1.165) is 0 Å². The minimum atomic E-state index is -4.66. The zero-order valence-corrected chi connectivity index (χ0v) is 11.8. The minimum absolute atomic E-state index is 0.102. The van der Waals surface area contributed by atoms with Gasteiger partial charge < -0.3 is 14.7 Å². The van der Waals surface area contributed by atoms with Gasteiger partial charge in [-0.2, -0.15) is 13.2 Å². The summed E-state index contributed by atoms with van der Waals surface area (Å²) in [4.78, 5) is 13.3. The molecule has 1 saturated carbocycles. The van der Waals surface area contributed by atoms with Gasteiger partial charge >= 0.3 is 12.3 Å². The Morgan fingerprint density at radius 2 is 1.90 bits per heavy atom. The third-order valence-corrected chi connectivity index (χ3v) is 4.05. The lowest BCUT2D eigenvalue weighted by molar-refractivity contribution is -0.305. The second-order valence-corrected chi connectivity index (χ2v) is 6.69. The molecule has 3 unspecified atom stereocenters. The Labute approximate surface area is 115 Å². The van der Waals surface area contributed by atoms with Gasteiger partial charge in [-0.1, -0.05) is 0 Å². The Bertz CT molecular complexity index is 405. The number of amides is 1. The highest BCUT2D eigenvalue weighted by atomic mass is 19.4. The molecule has 0 radical (unpaired) electrons. The van der Waals surface area contributed by atoms with Crippen LogP contribution in [0.2, 0.25) is 0 Å². The summed E-state index contributed by atoms with van der Waals surface area (Å²) in [6.07, 6.45) is -4.96. The molecule has 1 N–H and O–H groups in total. The molecule has 3 aliphatic rings. The van der Waals surface area contributed by atoms with E-state index in [9.17, 15) is 23.1 Å². The fourth-order valence-electron chi connectivity index (χ4n) is 3.05. The highest BCUT2D eigenvalue weighted by molar-refractivity contribution is 5.69. The predicted octanol–water partition coefficient (Wildman–Crippen LogP) is 2.70. The van der Waals surface area contributed by atoms with Gasteiger partial charge in [0, 0.05) is 24.9 Å². The second kappa shape index (κ2) is 4.51. The zero-order valence-electron chi connectivity index (χ0n) is 11.8. The first kappa shape index (κ1) is 15.4. The van der Waals surface area contributed by atoms with E-state index in [1.807, 2.05) is 0 Å². The third kappa shape index (κ3) is 2.60. The minimum Gasteiger partial charge on any atom is -0.444 e. The molecule has 116 valence electrons. The van der Waals surface area contributed by atoms with Crippen LogP contribution in [-0.2, 0) is 4.74 Å². The number of carbonyl (C=O) groups excluding carboxylic acids is 1. The summed E-state index contributed by atoms with van der Waals surface area (Å²) in [7, 11) is 0. The first-order chi connectivity index (χ1) is 8.94. The fourth-order valence-corrected chi connectivity index (χ4v) is 3.05. The van der Waals surface area contributed by atoms with Crippen LogP contribution in [0.4, 0.5) is 18.0 Å². The van der Waals surface area contributed by atoms with Crippen LogP contribution in [0.25, 0.3) is 0 Å². The molecule has 1 aliphatic carbocycles. The van der Waals surface area contributed by atoms with E-state index in [-0.39, 0.29) is 13.0 Å². The topological polar surface area (TPSA) is 49.8 Å². The monoisotopic (exact) mass is 295 g/mol. The van der Waals surface area contributed by atoms with Crippen molar-refractivity contribution in [3.8, 4) is 0 Å². The van der Waals surface area contributed by atoms with E-state index in [1.165, 1.54) is 4.90 Å². The van der Waals surface area contributed by atoms with Crippen molar-refractivity contribution >= 4 is 6.09 Å². The summed E-state index contributed by atoms with van der Waals surface area (Å²) in [6, 6.07) is -0.610. The Kier molecular flexibility index (Phi) is 3.48. The average molecular weight is 295 g/mol. The molecule has 0 aromatic carbocycles.